The zero-order chi connectivity index (χ0) is 26.2. The molecule has 37 heavy (non-hydrogen) atoms. The molecule has 0 amide bonds. The van der Waals surface area contributed by atoms with E-state index in [4.69, 9.17) is 19.8 Å². The molecule has 4 nitrogen and oxygen atoms in total. The number of aliphatic carboxylic acids is 2. The van der Waals surface area contributed by atoms with Gasteiger partial charge in [-0.2, -0.15) is 0 Å². The molecule has 0 bridgehead atoms. The van der Waals surface area contributed by atoms with E-state index >= 15 is 0 Å². The van der Waals surface area contributed by atoms with Crippen LogP contribution in [0.15, 0.2) is 121 Å². The molecular weight excluding hydrogens is 550 g/mol. The predicted molar refractivity (Wildman–Crippen MR) is 154 cm³/mol. The van der Waals surface area contributed by atoms with Crippen molar-refractivity contribution in [1.29, 1.82) is 0 Å². The fourth-order valence-electron chi connectivity index (χ4n) is 3.45. The van der Waals surface area contributed by atoms with Gasteiger partial charge in [-0.15, -0.1) is 0 Å². The van der Waals surface area contributed by atoms with Gasteiger partial charge in [0, 0.05) is 30.9 Å². The molecule has 0 heterocycles. The van der Waals surface area contributed by atoms with Gasteiger partial charge in [0.25, 0.3) is 11.9 Å². The summed E-state index contributed by atoms with van der Waals surface area (Å²) in [5.41, 5.74) is 0. The normalized spacial score (nSPS) is 9.73. The standard InChI is InChI=1S/C26H24P2.2C2H4O2.Cu/c1-5-13-23(14-6-1)27(24-15-7-2-8-16-24)21-22-28(25-17-9-3-10-18-25)26-19-11-4-12-20-26;2*1-2(3)4;/h1-20H,21-22H2;2*1H3,(H,3,4);. The molecule has 0 fully saturated rings. The molecule has 0 aliphatic heterocycles. The van der Waals surface area contributed by atoms with Crippen molar-refractivity contribution in [3.8, 4) is 0 Å². The molecule has 0 aliphatic carbocycles. The number of benzene rings is 4. The molecule has 0 atom stereocenters. The van der Waals surface area contributed by atoms with E-state index in [0.29, 0.717) is 0 Å². The van der Waals surface area contributed by atoms with Gasteiger partial charge in [0.05, 0.1) is 0 Å². The molecular formula is C30H32CuO4P2. The van der Waals surface area contributed by atoms with E-state index in [2.05, 4.69) is 121 Å². The first-order valence-electron chi connectivity index (χ1n) is 11.5. The number of carbonyl (C=O) groups is 2. The van der Waals surface area contributed by atoms with Gasteiger partial charge in [0.2, 0.25) is 0 Å². The summed E-state index contributed by atoms with van der Waals surface area (Å²) in [7, 11) is -0.696. The third-order valence-electron chi connectivity index (χ3n) is 4.82. The Morgan fingerprint density at radius 3 is 0.811 bits per heavy atom. The third-order valence-corrected chi connectivity index (χ3v) is 10.2. The molecule has 197 valence electrons. The van der Waals surface area contributed by atoms with Gasteiger partial charge in [0.15, 0.2) is 0 Å². The van der Waals surface area contributed by atoms with Gasteiger partial charge in [-0.05, 0) is 49.4 Å². The van der Waals surface area contributed by atoms with Gasteiger partial charge >= 0.3 is 0 Å². The summed E-state index contributed by atoms with van der Waals surface area (Å²) < 4.78 is 0. The second-order valence-corrected chi connectivity index (χ2v) is 12.4. The Morgan fingerprint density at radius 2 is 0.649 bits per heavy atom. The van der Waals surface area contributed by atoms with Crippen LogP contribution in [0.25, 0.3) is 0 Å². The van der Waals surface area contributed by atoms with Gasteiger partial charge in [-0.25, -0.2) is 0 Å². The summed E-state index contributed by atoms with van der Waals surface area (Å²) in [4.78, 5) is 18.0. The summed E-state index contributed by atoms with van der Waals surface area (Å²) in [6.07, 6.45) is 2.41. The van der Waals surface area contributed by atoms with Crippen LogP contribution in [-0.4, -0.2) is 34.5 Å². The maximum atomic E-state index is 9.00. The first-order valence-corrected chi connectivity index (χ1v) is 14.6. The van der Waals surface area contributed by atoms with Crippen molar-refractivity contribution < 1.29 is 36.9 Å². The van der Waals surface area contributed by atoms with Crippen LogP contribution >= 0.6 is 15.8 Å². The van der Waals surface area contributed by atoms with Crippen LogP contribution < -0.4 is 21.2 Å². The Labute approximate surface area is 232 Å². The Morgan fingerprint density at radius 1 is 0.486 bits per heavy atom. The first-order chi connectivity index (χ1) is 17.4. The number of rotatable bonds is 7. The van der Waals surface area contributed by atoms with Crippen molar-refractivity contribution >= 4 is 49.0 Å². The van der Waals surface area contributed by atoms with Crippen molar-refractivity contribution in [3.05, 3.63) is 121 Å². The van der Waals surface area contributed by atoms with Crippen molar-refractivity contribution in [1.82, 2.24) is 0 Å². The van der Waals surface area contributed by atoms with Crippen LogP contribution in [0.3, 0.4) is 0 Å². The number of carboxylic acids is 2. The molecule has 1 radical (unpaired) electrons. The summed E-state index contributed by atoms with van der Waals surface area (Å²) in [5, 5.41) is 20.7. The fraction of sp³-hybridized carbons (Fsp3) is 0.133. The SMILES string of the molecule is CC(=O)O.CC(=O)O.[Cu].c1ccc(P(CCP(c2ccccc2)c2ccccc2)c2ccccc2)cc1. The first kappa shape index (κ1) is 32.2. The molecule has 4 rings (SSSR count). The van der Waals surface area contributed by atoms with Crippen LogP contribution in [0.5, 0.6) is 0 Å². The van der Waals surface area contributed by atoms with E-state index < -0.39 is 11.9 Å². The minimum Gasteiger partial charge on any atom is -0.481 e. The van der Waals surface area contributed by atoms with Crippen LogP contribution in [0.4, 0.5) is 0 Å². The Kier molecular flexibility index (Phi) is 16.1. The summed E-state index contributed by atoms with van der Waals surface area (Å²) >= 11 is 0. The van der Waals surface area contributed by atoms with E-state index in [1.165, 1.54) is 33.5 Å². The van der Waals surface area contributed by atoms with Crippen LogP contribution in [-0.2, 0) is 26.7 Å². The summed E-state index contributed by atoms with van der Waals surface area (Å²) in [6, 6.07) is 44.2. The zero-order valence-electron chi connectivity index (χ0n) is 20.9. The van der Waals surface area contributed by atoms with Crippen molar-refractivity contribution in [3.63, 3.8) is 0 Å². The van der Waals surface area contributed by atoms with E-state index in [1.807, 2.05) is 0 Å². The van der Waals surface area contributed by atoms with E-state index in [1.54, 1.807) is 0 Å². The molecule has 2 N–H and O–H groups in total. The molecule has 4 aromatic rings. The van der Waals surface area contributed by atoms with Gasteiger partial charge in [-0.3, -0.25) is 9.59 Å². The second kappa shape index (κ2) is 18.4. The van der Waals surface area contributed by atoms with Gasteiger partial charge in [-0.1, -0.05) is 121 Å². The third kappa shape index (κ3) is 12.8. The minimum absolute atomic E-state index is 0. The van der Waals surface area contributed by atoms with Gasteiger partial charge < -0.3 is 10.2 Å². The van der Waals surface area contributed by atoms with Crippen LogP contribution in [0.2, 0.25) is 0 Å². The largest absolute Gasteiger partial charge is 0.481 e. The smallest absolute Gasteiger partial charge is 0.300 e. The van der Waals surface area contributed by atoms with E-state index in [0.717, 1.165) is 13.8 Å². The summed E-state index contributed by atoms with van der Waals surface area (Å²) in [5.74, 6) is -1.67. The topological polar surface area (TPSA) is 74.6 Å². The second-order valence-electron chi connectivity index (χ2n) is 7.68. The van der Waals surface area contributed by atoms with E-state index in [-0.39, 0.29) is 32.9 Å². The number of hydrogen-bond acceptors (Lipinski definition) is 2. The molecule has 7 heteroatoms. The monoisotopic (exact) mass is 581 g/mol. The van der Waals surface area contributed by atoms with E-state index in [9.17, 15) is 0 Å². The molecule has 0 spiro atoms. The molecule has 0 aromatic heterocycles. The maximum absolute atomic E-state index is 9.00. The average molecular weight is 582 g/mol. The molecule has 0 saturated heterocycles. The summed E-state index contributed by atoms with van der Waals surface area (Å²) in [6.45, 7) is 2.17. The average Bonchev–Trinajstić information content (AvgIpc) is 2.88. The predicted octanol–water partition coefficient (Wildman–Crippen LogP) is 5.43. The number of hydrogen-bond donors (Lipinski definition) is 2. The zero-order valence-corrected chi connectivity index (χ0v) is 23.6. The van der Waals surface area contributed by atoms with Crippen molar-refractivity contribution in [2.45, 2.75) is 13.8 Å². The maximum Gasteiger partial charge on any atom is 0.300 e. The van der Waals surface area contributed by atoms with Crippen LogP contribution in [0.1, 0.15) is 13.8 Å². The Bertz CT molecular complexity index is 979. The Hall–Kier alpha value is -2.80. The molecule has 0 saturated carbocycles. The molecule has 0 aliphatic rings. The molecule has 0 unspecified atom stereocenters. The van der Waals surface area contributed by atoms with Gasteiger partial charge in [0.1, 0.15) is 0 Å². The fourth-order valence-corrected chi connectivity index (χ4v) is 8.80. The van der Waals surface area contributed by atoms with Crippen molar-refractivity contribution in [2.24, 2.45) is 0 Å². The van der Waals surface area contributed by atoms with Crippen molar-refractivity contribution in [2.75, 3.05) is 12.3 Å². The minimum atomic E-state index is -0.833. The quantitative estimate of drug-likeness (QED) is 0.225. The number of carboxylic acid groups (broad SMARTS) is 2. The molecule has 4 aromatic carbocycles. The Balaban J connectivity index is 0.000000671. The van der Waals surface area contributed by atoms with Crippen LogP contribution in [0, 0.1) is 0 Å².